The Kier molecular flexibility index (Phi) is 1.69. The Bertz CT molecular complexity index is 436. The number of carbonyl (C=O) groups excluding carboxylic acids is 1. The second kappa shape index (κ2) is 2.71. The molecule has 0 spiro atoms. The van der Waals surface area contributed by atoms with Gasteiger partial charge in [-0.3, -0.25) is 4.79 Å². The molecule has 2 rings (SSSR count). The van der Waals surface area contributed by atoms with Crippen LogP contribution >= 0.6 is 15.9 Å². The number of fused-ring (bicyclic) bond motifs is 1. The zero-order valence-corrected chi connectivity index (χ0v) is 7.65. The Morgan fingerprint density at radius 2 is 2.42 bits per heavy atom. The third kappa shape index (κ3) is 1.04. The molecule has 0 atom stereocenters. The zero-order chi connectivity index (χ0) is 8.55. The first kappa shape index (κ1) is 7.49. The van der Waals surface area contributed by atoms with E-state index in [1.807, 2.05) is 12.1 Å². The lowest BCUT2D eigenvalue weighted by Crippen LogP contribution is -1.86. The minimum atomic E-state index is 0.446. The highest BCUT2D eigenvalue weighted by molar-refractivity contribution is 9.10. The van der Waals surface area contributed by atoms with E-state index in [2.05, 4.69) is 21.0 Å². The molecule has 0 amide bonds. The molecule has 3 nitrogen and oxygen atoms in total. The maximum Gasteiger partial charge on any atom is 0.170 e. The molecular weight excluding hydrogens is 220 g/mol. The first-order chi connectivity index (χ1) is 5.81. The molecule has 0 saturated heterocycles. The van der Waals surface area contributed by atoms with Crippen molar-refractivity contribution in [3.8, 4) is 0 Å². The van der Waals surface area contributed by atoms with Gasteiger partial charge in [0.25, 0.3) is 0 Å². The summed E-state index contributed by atoms with van der Waals surface area (Å²) in [5.74, 6) is 0. The molecule has 2 aromatic rings. The number of aromatic nitrogens is 2. The molecule has 0 aliphatic heterocycles. The van der Waals surface area contributed by atoms with Crippen molar-refractivity contribution >= 4 is 27.7 Å². The predicted octanol–water partition coefficient (Wildman–Crippen LogP) is 1.91. The Morgan fingerprint density at radius 3 is 3.08 bits per heavy atom. The summed E-state index contributed by atoms with van der Waals surface area (Å²) in [6.07, 6.45) is 2.53. The molecule has 0 saturated carbocycles. The summed E-state index contributed by atoms with van der Waals surface area (Å²) in [6.45, 7) is 0. The van der Waals surface area contributed by atoms with Crippen LogP contribution in [0.1, 0.15) is 10.5 Å². The van der Waals surface area contributed by atoms with Crippen LogP contribution in [0.4, 0.5) is 0 Å². The van der Waals surface area contributed by atoms with E-state index in [9.17, 15) is 4.79 Å². The highest BCUT2D eigenvalue weighted by atomic mass is 79.9. The average Bonchev–Trinajstić information content (AvgIpc) is 2.49. The van der Waals surface area contributed by atoms with Crippen LogP contribution in [0.3, 0.4) is 0 Å². The summed E-state index contributed by atoms with van der Waals surface area (Å²) in [6, 6.07) is 5.50. The number of pyridine rings is 1. The third-order valence-electron chi connectivity index (χ3n) is 1.59. The van der Waals surface area contributed by atoms with E-state index in [0.717, 1.165) is 16.3 Å². The molecule has 4 heteroatoms. The number of aldehydes is 1. The van der Waals surface area contributed by atoms with E-state index in [1.165, 1.54) is 0 Å². The number of nitrogens with zero attached hydrogens (tertiary/aromatic N) is 2. The fraction of sp³-hybridized carbons (Fsp3) is 0. The van der Waals surface area contributed by atoms with Gasteiger partial charge in [0, 0.05) is 10.7 Å². The monoisotopic (exact) mass is 224 g/mol. The molecule has 0 bridgehead atoms. The Hall–Kier alpha value is -1.16. The van der Waals surface area contributed by atoms with Crippen molar-refractivity contribution in [3.05, 3.63) is 34.6 Å². The molecule has 0 aliphatic carbocycles. The van der Waals surface area contributed by atoms with Crippen LogP contribution in [0.15, 0.2) is 28.9 Å². The highest BCUT2D eigenvalue weighted by Gasteiger charge is 2.01. The molecule has 0 N–H and O–H groups in total. The topological polar surface area (TPSA) is 34.4 Å². The summed E-state index contributed by atoms with van der Waals surface area (Å²) >= 11 is 3.36. The van der Waals surface area contributed by atoms with Gasteiger partial charge in [0.05, 0.1) is 5.52 Å². The molecule has 0 aliphatic rings. The first-order valence-corrected chi connectivity index (χ1v) is 4.19. The van der Waals surface area contributed by atoms with E-state index < -0.39 is 0 Å². The number of carbonyl (C=O) groups is 1. The van der Waals surface area contributed by atoms with Gasteiger partial charge in [-0.25, -0.2) is 4.52 Å². The number of hydrogen-bond donors (Lipinski definition) is 0. The van der Waals surface area contributed by atoms with Crippen molar-refractivity contribution in [3.63, 3.8) is 0 Å². The summed E-state index contributed by atoms with van der Waals surface area (Å²) < 4.78 is 2.60. The van der Waals surface area contributed by atoms with Gasteiger partial charge >= 0.3 is 0 Å². The van der Waals surface area contributed by atoms with Gasteiger partial charge in [-0.05, 0) is 34.1 Å². The quantitative estimate of drug-likeness (QED) is 0.694. The molecule has 12 heavy (non-hydrogen) atoms. The molecule has 0 fully saturated rings. The number of halogens is 1. The largest absolute Gasteiger partial charge is 0.296 e. The lowest BCUT2D eigenvalue weighted by atomic mass is 10.4. The van der Waals surface area contributed by atoms with Crippen molar-refractivity contribution in [2.45, 2.75) is 0 Å². The van der Waals surface area contributed by atoms with Crippen LogP contribution < -0.4 is 0 Å². The fourth-order valence-electron chi connectivity index (χ4n) is 1.06. The lowest BCUT2D eigenvalue weighted by Gasteiger charge is -1.92. The maximum absolute atomic E-state index is 10.4. The van der Waals surface area contributed by atoms with Crippen LogP contribution in [-0.2, 0) is 0 Å². The normalized spacial score (nSPS) is 10.4. The minimum absolute atomic E-state index is 0.446. The first-order valence-electron chi connectivity index (χ1n) is 3.40. The van der Waals surface area contributed by atoms with E-state index in [0.29, 0.717) is 5.69 Å². The second-order valence-corrected chi connectivity index (χ2v) is 3.23. The molecular formula is C8H5BrN2O. The predicted molar refractivity (Wildman–Crippen MR) is 48.3 cm³/mol. The summed E-state index contributed by atoms with van der Waals surface area (Å²) in [5.41, 5.74) is 1.35. The SMILES string of the molecule is O=Cc1cc2c(Br)cccn2n1. The van der Waals surface area contributed by atoms with Crippen LogP contribution in [-0.4, -0.2) is 15.9 Å². The number of rotatable bonds is 1. The Balaban J connectivity index is 2.82. The molecule has 0 radical (unpaired) electrons. The van der Waals surface area contributed by atoms with E-state index >= 15 is 0 Å². The van der Waals surface area contributed by atoms with Crippen LogP contribution in [0.5, 0.6) is 0 Å². The molecule has 0 aromatic carbocycles. The van der Waals surface area contributed by atoms with Gasteiger partial charge in [0.2, 0.25) is 0 Å². The highest BCUT2D eigenvalue weighted by Crippen LogP contribution is 2.17. The number of hydrogen-bond acceptors (Lipinski definition) is 2. The van der Waals surface area contributed by atoms with E-state index in [-0.39, 0.29) is 0 Å². The van der Waals surface area contributed by atoms with Crippen molar-refractivity contribution < 1.29 is 4.79 Å². The smallest absolute Gasteiger partial charge is 0.170 e. The molecule has 0 unspecified atom stereocenters. The Labute approximate surface area is 77.1 Å². The van der Waals surface area contributed by atoms with E-state index in [4.69, 9.17) is 0 Å². The van der Waals surface area contributed by atoms with Crippen LogP contribution in [0.25, 0.3) is 5.52 Å². The maximum atomic E-state index is 10.4. The van der Waals surface area contributed by atoms with Gasteiger partial charge in [-0.2, -0.15) is 5.10 Å². The van der Waals surface area contributed by atoms with Gasteiger partial charge in [-0.1, -0.05) is 0 Å². The van der Waals surface area contributed by atoms with Gasteiger partial charge in [0.1, 0.15) is 5.69 Å². The van der Waals surface area contributed by atoms with E-state index in [1.54, 1.807) is 16.8 Å². The van der Waals surface area contributed by atoms with Crippen molar-refractivity contribution in [1.82, 2.24) is 9.61 Å². The summed E-state index contributed by atoms with van der Waals surface area (Å²) in [4.78, 5) is 10.4. The zero-order valence-electron chi connectivity index (χ0n) is 6.07. The Morgan fingerprint density at radius 1 is 1.58 bits per heavy atom. The fourth-order valence-corrected chi connectivity index (χ4v) is 1.51. The lowest BCUT2D eigenvalue weighted by molar-refractivity contribution is 0.111. The average molecular weight is 225 g/mol. The van der Waals surface area contributed by atoms with Crippen molar-refractivity contribution in [2.75, 3.05) is 0 Å². The van der Waals surface area contributed by atoms with Crippen molar-refractivity contribution in [1.29, 1.82) is 0 Å². The van der Waals surface area contributed by atoms with Gasteiger partial charge in [0.15, 0.2) is 6.29 Å². The second-order valence-electron chi connectivity index (χ2n) is 2.37. The minimum Gasteiger partial charge on any atom is -0.296 e. The summed E-state index contributed by atoms with van der Waals surface area (Å²) in [5, 5.41) is 4.01. The molecule has 2 aromatic heterocycles. The van der Waals surface area contributed by atoms with Crippen LogP contribution in [0, 0.1) is 0 Å². The molecule has 2 heterocycles. The van der Waals surface area contributed by atoms with Gasteiger partial charge in [-0.15, -0.1) is 0 Å². The molecule has 60 valence electrons. The van der Waals surface area contributed by atoms with Crippen LogP contribution in [0.2, 0.25) is 0 Å². The standard InChI is InChI=1S/C8H5BrN2O/c9-7-2-1-3-11-8(7)4-6(5-12)10-11/h1-5H. The van der Waals surface area contributed by atoms with Gasteiger partial charge < -0.3 is 0 Å². The third-order valence-corrected chi connectivity index (χ3v) is 2.26. The van der Waals surface area contributed by atoms with Crippen molar-refractivity contribution in [2.24, 2.45) is 0 Å². The summed E-state index contributed by atoms with van der Waals surface area (Å²) in [7, 11) is 0.